The fourth-order valence-corrected chi connectivity index (χ4v) is 4.84. The average Bonchev–Trinajstić information content (AvgIpc) is 3.26. The van der Waals surface area contributed by atoms with E-state index in [-0.39, 0.29) is 42.1 Å². The van der Waals surface area contributed by atoms with Crippen LogP contribution in [0.25, 0.3) is 11.4 Å². The van der Waals surface area contributed by atoms with Crippen molar-refractivity contribution < 1.29 is 28.2 Å². The lowest BCUT2D eigenvalue weighted by atomic mass is 10.1. The summed E-state index contributed by atoms with van der Waals surface area (Å²) in [5.74, 6) is -0.349. The van der Waals surface area contributed by atoms with Gasteiger partial charge in [0.25, 0.3) is 5.91 Å². The predicted octanol–water partition coefficient (Wildman–Crippen LogP) is 4.38. The smallest absolute Gasteiger partial charge is 0.272 e. The molecule has 0 saturated heterocycles. The van der Waals surface area contributed by atoms with E-state index >= 15 is 0 Å². The van der Waals surface area contributed by atoms with Crippen molar-refractivity contribution in [3.8, 4) is 11.4 Å². The van der Waals surface area contributed by atoms with Gasteiger partial charge in [-0.3, -0.25) is 4.79 Å². The summed E-state index contributed by atoms with van der Waals surface area (Å²) in [5, 5.41) is 23.3. The molecule has 0 aliphatic rings. The van der Waals surface area contributed by atoms with Gasteiger partial charge in [0.1, 0.15) is 17.3 Å². The molecule has 0 spiro atoms. The molecule has 3 rings (SSSR count). The van der Waals surface area contributed by atoms with Crippen LogP contribution in [0.3, 0.4) is 0 Å². The van der Waals surface area contributed by atoms with Gasteiger partial charge in [-0.25, -0.2) is 13.6 Å². The average molecular weight is 546 g/mol. The monoisotopic (exact) mass is 545 g/mol. The molecule has 0 fully saturated rings. The Balaban J connectivity index is 1.91. The zero-order valence-corrected chi connectivity index (χ0v) is 22.7. The maximum atomic E-state index is 13.6. The van der Waals surface area contributed by atoms with Crippen molar-refractivity contribution in [3.63, 3.8) is 0 Å². The number of hydrogen-bond acceptors (Lipinski definition) is 5. The van der Waals surface area contributed by atoms with Gasteiger partial charge >= 0.3 is 0 Å². The largest absolute Gasteiger partial charge is 0.393 e. The summed E-state index contributed by atoms with van der Waals surface area (Å²) in [6.07, 6.45) is -0.172. The lowest BCUT2D eigenvalue weighted by molar-refractivity contribution is 0.0711. The molecule has 10 heteroatoms. The van der Waals surface area contributed by atoms with Crippen LogP contribution in [0.5, 0.6) is 0 Å². The van der Waals surface area contributed by atoms with Crippen LogP contribution in [0.2, 0.25) is 0 Å². The zero-order valence-electron chi connectivity index (χ0n) is 21.9. The molecular formula is C28H36FN3O5S. The number of nitrogens with zero attached hydrogens (tertiary/aromatic N) is 2. The molecule has 4 N–H and O–H groups in total. The number of hydrogen-bond donors (Lipinski definition) is 4. The van der Waals surface area contributed by atoms with Crippen LogP contribution in [0.4, 0.5) is 4.39 Å². The van der Waals surface area contributed by atoms with Crippen LogP contribution in [0, 0.1) is 5.82 Å². The van der Waals surface area contributed by atoms with Crippen LogP contribution >= 0.6 is 0 Å². The first kappa shape index (κ1) is 29.6. The molecule has 0 aliphatic heterocycles. The zero-order chi connectivity index (χ0) is 27.8. The SMILES string of the molecule is CCC(O)CC(O)CCn1c(-c2ccc(F)cc2)nc(C(=O)NCc2cccc(CS(=O)O)c2)c1C(C)C. The highest BCUT2D eigenvalue weighted by Gasteiger charge is 2.26. The molecule has 38 heavy (non-hydrogen) atoms. The standard InChI is InChI=1S/C28H36FN3O5S/c1-4-23(33)15-24(34)12-13-32-26(18(2)3)25(31-27(32)21-8-10-22(29)11-9-21)28(35)30-16-19-6-5-7-20(14-19)17-38(36)37/h5-11,14,18,23-24,33-34H,4,12-13,15-17H2,1-3H3,(H,30,35)(H,36,37). The number of carbonyl (C=O) groups is 1. The van der Waals surface area contributed by atoms with Crippen molar-refractivity contribution in [2.45, 2.75) is 77.0 Å². The van der Waals surface area contributed by atoms with Gasteiger partial charge < -0.3 is 24.6 Å². The number of aliphatic hydroxyl groups is 2. The summed E-state index contributed by atoms with van der Waals surface area (Å²) >= 11 is -1.96. The Labute approximate surface area is 225 Å². The van der Waals surface area contributed by atoms with E-state index in [0.717, 1.165) is 5.56 Å². The van der Waals surface area contributed by atoms with Crippen molar-refractivity contribution in [2.75, 3.05) is 0 Å². The fraction of sp³-hybridized carbons (Fsp3) is 0.429. The molecule has 2 aromatic carbocycles. The summed E-state index contributed by atoms with van der Waals surface area (Å²) in [6.45, 7) is 6.32. The van der Waals surface area contributed by atoms with Crippen LogP contribution < -0.4 is 5.32 Å². The third-order valence-electron chi connectivity index (χ3n) is 6.31. The molecule has 3 aromatic rings. The Bertz CT molecular complexity index is 1250. The van der Waals surface area contributed by atoms with Crippen molar-refractivity contribution in [1.82, 2.24) is 14.9 Å². The van der Waals surface area contributed by atoms with Crippen LogP contribution in [0.1, 0.15) is 73.3 Å². The molecule has 8 nitrogen and oxygen atoms in total. The summed E-state index contributed by atoms with van der Waals surface area (Å²) in [6, 6.07) is 13.0. The number of halogens is 1. The highest BCUT2D eigenvalue weighted by molar-refractivity contribution is 7.78. The van der Waals surface area contributed by atoms with Crippen LogP contribution in [-0.4, -0.2) is 46.6 Å². The second kappa shape index (κ2) is 13.7. The highest BCUT2D eigenvalue weighted by atomic mass is 32.2. The van der Waals surface area contributed by atoms with Crippen molar-refractivity contribution >= 4 is 17.0 Å². The Morgan fingerprint density at radius 2 is 1.79 bits per heavy atom. The van der Waals surface area contributed by atoms with E-state index in [9.17, 15) is 23.6 Å². The maximum Gasteiger partial charge on any atom is 0.272 e. The molecule has 3 unspecified atom stereocenters. The van der Waals surface area contributed by atoms with Gasteiger partial charge in [0, 0.05) is 18.7 Å². The number of nitrogens with one attached hydrogen (secondary N) is 1. The fourth-order valence-electron chi connectivity index (χ4n) is 4.38. The number of aliphatic hydroxyl groups excluding tert-OH is 2. The van der Waals surface area contributed by atoms with Crippen LogP contribution in [-0.2, 0) is 29.9 Å². The lowest BCUT2D eigenvalue weighted by Gasteiger charge is -2.19. The predicted molar refractivity (Wildman–Crippen MR) is 145 cm³/mol. The first-order chi connectivity index (χ1) is 18.1. The van der Waals surface area contributed by atoms with Gasteiger partial charge in [0.05, 0.1) is 23.7 Å². The topological polar surface area (TPSA) is 125 Å². The first-order valence-corrected chi connectivity index (χ1v) is 14.0. The summed E-state index contributed by atoms with van der Waals surface area (Å²) in [7, 11) is 0. The van der Waals surface area contributed by atoms with E-state index in [1.54, 1.807) is 30.3 Å². The van der Waals surface area contributed by atoms with E-state index in [1.165, 1.54) is 12.1 Å². The number of amides is 1. The molecule has 3 atom stereocenters. The number of benzene rings is 2. The normalized spacial score (nSPS) is 13.9. The van der Waals surface area contributed by atoms with E-state index in [0.29, 0.717) is 42.0 Å². The minimum atomic E-state index is -1.96. The quantitative estimate of drug-likeness (QED) is 0.236. The number of aromatic nitrogens is 2. The van der Waals surface area contributed by atoms with Crippen LogP contribution in [0.15, 0.2) is 48.5 Å². The van der Waals surface area contributed by atoms with E-state index in [2.05, 4.69) is 10.3 Å². The van der Waals surface area contributed by atoms with Gasteiger partial charge in [-0.2, -0.15) is 0 Å². The van der Waals surface area contributed by atoms with Gasteiger partial charge in [-0.15, -0.1) is 0 Å². The second-order valence-electron chi connectivity index (χ2n) is 9.69. The number of rotatable bonds is 13. The molecule has 0 aliphatic carbocycles. The van der Waals surface area contributed by atoms with Gasteiger partial charge in [0.2, 0.25) is 0 Å². The Morgan fingerprint density at radius 3 is 2.42 bits per heavy atom. The molecule has 0 radical (unpaired) electrons. The Kier molecular flexibility index (Phi) is 10.7. The van der Waals surface area contributed by atoms with E-state index in [4.69, 9.17) is 4.55 Å². The van der Waals surface area contributed by atoms with Crippen molar-refractivity contribution in [3.05, 3.63) is 76.9 Å². The van der Waals surface area contributed by atoms with Crippen molar-refractivity contribution in [1.29, 1.82) is 0 Å². The Hall–Kier alpha value is -2.92. The number of carbonyl (C=O) groups excluding carboxylic acids is 1. The summed E-state index contributed by atoms with van der Waals surface area (Å²) < 4.78 is 35.8. The first-order valence-electron chi connectivity index (χ1n) is 12.7. The third-order valence-corrected chi connectivity index (χ3v) is 6.89. The highest BCUT2D eigenvalue weighted by Crippen LogP contribution is 2.29. The lowest BCUT2D eigenvalue weighted by Crippen LogP contribution is -2.25. The molecule has 1 amide bonds. The van der Waals surface area contributed by atoms with Crippen molar-refractivity contribution in [2.24, 2.45) is 0 Å². The van der Waals surface area contributed by atoms with E-state index < -0.39 is 23.3 Å². The van der Waals surface area contributed by atoms with E-state index in [1.807, 2.05) is 31.4 Å². The van der Waals surface area contributed by atoms with Gasteiger partial charge in [-0.1, -0.05) is 45.0 Å². The van der Waals surface area contributed by atoms with Gasteiger partial charge in [-0.05, 0) is 60.6 Å². The minimum absolute atomic E-state index is 0.00581. The molecule has 0 bridgehead atoms. The number of imidazole rings is 1. The maximum absolute atomic E-state index is 13.6. The van der Waals surface area contributed by atoms with Gasteiger partial charge in [0.15, 0.2) is 11.1 Å². The third kappa shape index (κ3) is 8.04. The summed E-state index contributed by atoms with van der Waals surface area (Å²) in [4.78, 5) is 18.0. The molecule has 0 saturated carbocycles. The molecule has 206 valence electrons. The Morgan fingerprint density at radius 1 is 1.11 bits per heavy atom. The molecular weight excluding hydrogens is 509 g/mol. The summed E-state index contributed by atoms with van der Waals surface area (Å²) in [5.41, 5.74) is 3.04. The second-order valence-corrected chi connectivity index (χ2v) is 10.6. The minimum Gasteiger partial charge on any atom is -0.393 e. The molecule has 1 heterocycles. The molecule has 1 aromatic heterocycles.